The van der Waals surface area contributed by atoms with Gasteiger partial charge in [0.15, 0.2) is 0 Å². The van der Waals surface area contributed by atoms with Crippen LogP contribution in [0.15, 0.2) is 10.8 Å². The largest absolute Gasteiger partial charge is 0.512 e. The Hall–Kier alpha value is -1.33. The molecule has 7 atom stereocenters. The van der Waals surface area contributed by atoms with Gasteiger partial charge in [-0.25, -0.2) is 4.79 Å². The summed E-state index contributed by atoms with van der Waals surface area (Å²) >= 11 is 1.51. The van der Waals surface area contributed by atoms with Crippen LogP contribution >= 0.6 is 11.8 Å². The number of aliphatic hydroxyl groups is 2. The molecule has 1 amide bonds. The summed E-state index contributed by atoms with van der Waals surface area (Å²) in [5.41, 5.74) is 0. The number of nitrogens with zero attached hydrogens (tertiary/aromatic N) is 2. The summed E-state index contributed by atoms with van der Waals surface area (Å²) in [5.74, 6) is -0.883. The van der Waals surface area contributed by atoms with E-state index in [-0.39, 0.29) is 35.0 Å². The van der Waals surface area contributed by atoms with Crippen molar-refractivity contribution in [3.63, 3.8) is 0 Å². The second kappa shape index (κ2) is 8.81. The third kappa shape index (κ3) is 4.41. The van der Waals surface area contributed by atoms with Crippen LogP contribution in [0.25, 0.3) is 0 Å². The molecule has 29 heavy (non-hydrogen) atoms. The number of rotatable bonds is 8. The highest BCUT2D eigenvalue weighted by molar-refractivity contribution is 8.03. The zero-order valence-corrected chi connectivity index (χ0v) is 18.1. The molecule has 3 rings (SSSR count). The van der Waals surface area contributed by atoms with Gasteiger partial charge in [-0.05, 0) is 33.9 Å². The molecule has 0 aromatic rings. The zero-order chi connectivity index (χ0) is 21.5. The lowest BCUT2D eigenvalue weighted by molar-refractivity contribution is -0.163. The van der Waals surface area contributed by atoms with E-state index in [2.05, 4.69) is 5.32 Å². The highest BCUT2D eigenvalue weighted by atomic mass is 32.2. The van der Waals surface area contributed by atoms with Crippen molar-refractivity contribution in [2.45, 2.75) is 56.2 Å². The molecular formula is C19H31N3O6S. The van der Waals surface area contributed by atoms with Gasteiger partial charge in [0.25, 0.3) is 0 Å². The number of β-lactam (4-membered cyclic amide) rings is 1. The van der Waals surface area contributed by atoms with Crippen molar-refractivity contribution in [1.29, 1.82) is 0 Å². The minimum absolute atomic E-state index is 0.0162. The van der Waals surface area contributed by atoms with Crippen LogP contribution in [0, 0.1) is 11.8 Å². The lowest BCUT2D eigenvalue weighted by atomic mass is 9.79. The lowest BCUT2D eigenvalue weighted by Crippen LogP contribution is -2.63. The van der Waals surface area contributed by atoms with Crippen molar-refractivity contribution < 1.29 is 29.6 Å². The van der Waals surface area contributed by atoms with E-state index in [0.29, 0.717) is 13.0 Å². The Morgan fingerprint density at radius 2 is 2.10 bits per heavy atom. The van der Waals surface area contributed by atoms with E-state index in [0.717, 1.165) is 17.9 Å². The van der Waals surface area contributed by atoms with Gasteiger partial charge in [-0.1, -0.05) is 6.92 Å². The number of carbonyl (C=O) groups excluding carboxylic acids is 1. The van der Waals surface area contributed by atoms with Crippen molar-refractivity contribution in [2.24, 2.45) is 11.8 Å². The summed E-state index contributed by atoms with van der Waals surface area (Å²) < 4.78 is 5.00. The fraction of sp³-hybridized carbons (Fsp3) is 0.789. The number of aliphatic hydroxyl groups excluding tert-OH is 2. The van der Waals surface area contributed by atoms with E-state index in [9.17, 15) is 19.8 Å². The molecule has 0 saturated carbocycles. The van der Waals surface area contributed by atoms with Crippen molar-refractivity contribution in [1.82, 2.24) is 15.1 Å². The highest BCUT2D eigenvalue weighted by Gasteiger charge is 2.60. The molecule has 0 unspecified atom stereocenters. The summed E-state index contributed by atoms with van der Waals surface area (Å²) in [4.78, 5) is 27.8. The molecule has 9 nitrogen and oxygen atoms in total. The normalized spacial score (nSPS) is 33.7. The molecule has 10 heteroatoms. The molecule has 0 aromatic carbocycles. The molecule has 4 N–H and O–H groups in total. The van der Waals surface area contributed by atoms with E-state index in [4.69, 9.17) is 9.84 Å². The molecular weight excluding hydrogens is 398 g/mol. The molecule has 2 saturated heterocycles. The van der Waals surface area contributed by atoms with Gasteiger partial charge < -0.3 is 30.3 Å². The predicted molar refractivity (Wildman–Crippen MR) is 108 cm³/mol. The number of amides is 1. The second-order valence-corrected chi connectivity index (χ2v) is 9.78. The first-order chi connectivity index (χ1) is 13.6. The average molecular weight is 430 g/mol. The Kier molecular flexibility index (Phi) is 6.79. The molecule has 0 spiro atoms. The molecule has 2 fully saturated rings. The fourth-order valence-electron chi connectivity index (χ4n) is 4.49. The molecule has 3 aliphatic heterocycles. The van der Waals surface area contributed by atoms with Gasteiger partial charge >= 0.3 is 6.16 Å². The van der Waals surface area contributed by atoms with E-state index in [1.165, 1.54) is 16.7 Å². The van der Waals surface area contributed by atoms with E-state index in [1.54, 1.807) is 6.92 Å². The Labute approximate surface area is 175 Å². The number of hydrogen-bond acceptors (Lipinski definition) is 8. The third-order valence-corrected chi connectivity index (χ3v) is 7.50. The smallest absolute Gasteiger partial charge is 0.449 e. The van der Waals surface area contributed by atoms with Crippen molar-refractivity contribution >= 4 is 23.8 Å². The molecule has 3 heterocycles. The van der Waals surface area contributed by atoms with Crippen molar-refractivity contribution in [3.8, 4) is 0 Å². The number of thioether (sulfide) groups is 1. The van der Waals surface area contributed by atoms with Gasteiger partial charge in [-0.2, -0.15) is 0 Å². The maximum absolute atomic E-state index is 12.5. The third-order valence-electron chi connectivity index (χ3n) is 6.00. The Morgan fingerprint density at radius 3 is 2.69 bits per heavy atom. The standard InChI is InChI=1S/C19H31N3O6S/c1-9-15-14(10(2)23)17(25)22(15)18(28-19(26)27)16(9)29-11-7-12(20-8-11)13(24)5-6-21(3)4/h9-15,20,23-24H,5-8H2,1-4H3,(H,26,27)/t9-,10-,11+,12+,13-,14-,15+/m1/s1. The summed E-state index contributed by atoms with van der Waals surface area (Å²) in [6.45, 7) is 5.00. The minimum atomic E-state index is -1.46. The summed E-state index contributed by atoms with van der Waals surface area (Å²) in [6, 6.07) is -0.298. The number of nitrogens with one attached hydrogen (secondary N) is 1. The average Bonchev–Trinajstić information content (AvgIpc) is 3.16. The zero-order valence-electron chi connectivity index (χ0n) is 17.2. The second-order valence-electron chi connectivity index (χ2n) is 8.44. The quantitative estimate of drug-likeness (QED) is 0.322. The Bertz CT molecular complexity index is 685. The number of carboxylic acid groups (broad SMARTS) is 1. The highest BCUT2D eigenvalue weighted by Crippen LogP contribution is 2.52. The summed E-state index contributed by atoms with van der Waals surface area (Å²) in [5, 5.41) is 33.0. The van der Waals surface area contributed by atoms with Crippen molar-refractivity contribution in [3.05, 3.63) is 10.8 Å². The van der Waals surface area contributed by atoms with Crippen molar-refractivity contribution in [2.75, 3.05) is 27.2 Å². The predicted octanol–water partition coefficient (Wildman–Crippen LogP) is 0.484. The van der Waals surface area contributed by atoms with Gasteiger partial charge in [-0.3, -0.25) is 9.69 Å². The Morgan fingerprint density at radius 1 is 1.41 bits per heavy atom. The first kappa shape index (κ1) is 22.4. The number of carbonyl (C=O) groups is 2. The van der Waals surface area contributed by atoms with Crippen LogP contribution in [0.2, 0.25) is 0 Å². The molecule has 0 bridgehead atoms. The van der Waals surface area contributed by atoms with E-state index in [1.807, 2.05) is 25.9 Å². The monoisotopic (exact) mass is 429 g/mol. The molecule has 0 aromatic heterocycles. The first-order valence-corrected chi connectivity index (χ1v) is 10.9. The van der Waals surface area contributed by atoms with Crippen LogP contribution in [0.4, 0.5) is 4.79 Å². The van der Waals surface area contributed by atoms with E-state index < -0.39 is 24.3 Å². The molecule has 0 radical (unpaired) electrons. The molecule has 0 aliphatic carbocycles. The maximum Gasteiger partial charge on any atom is 0.512 e. The first-order valence-electron chi connectivity index (χ1n) is 10.0. The molecule has 3 aliphatic rings. The van der Waals surface area contributed by atoms with Gasteiger partial charge in [0, 0.05) is 30.3 Å². The van der Waals surface area contributed by atoms with Crippen LogP contribution in [0.5, 0.6) is 0 Å². The van der Waals surface area contributed by atoms with E-state index >= 15 is 0 Å². The minimum Gasteiger partial charge on any atom is -0.449 e. The van der Waals surface area contributed by atoms with Gasteiger partial charge in [-0.15, -0.1) is 11.8 Å². The fourth-order valence-corrected chi connectivity index (χ4v) is 5.93. The van der Waals surface area contributed by atoms with Crippen LogP contribution in [0.1, 0.15) is 26.7 Å². The van der Waals surface area contributed by atoms with Gasteiger partial charge in [0.1, 0.15) is 0 Å². The maximum atomic E-state index is 12.5. The van der Waals surface area contributed by atoms with Crippen LogP contribution in [-0.4, -0.2) is 93.9 Å². The lowest BCUT2D eigenvalue weighted by Gasteiger charge is -2.45. The van der Waals surface area contributed by atoms with Crippen LogP contribution in [-0.2, 0) is 9.53 Å². The number of hydrogen-bond donors (Lipinski definition) is 4. The van der Waals surface area contributed by atoms with Crippen LogP contribution < -0.4 is 5.32 Å². The van der Waals surface area contributed by atoms with Crippen LogP contribution in [0.3, 0.4) is 0 Å². The summed E-state index contributed by atoms with van der Waals surface area (Å²) in [6.07, 6.45) is -1.29. The Balaban J connectivity index is 1.69. The SMILES string of the molecule is C[C@@H](O)[C@H]1C(=O)N2C(OC(=O)O)=C(S[C@@H]3CN[C@H]([C@H](O)CCN(C)C)C3)[C@H](C)[C@@H]12. The van der Waals surface area contributed by atoms with Gasteiger partial charge in [0.2, 0.25) is 11.8 Å². The topological polar surface area (TPSA) is 123 Å². The summed E-state index contributed by atoms with van der Waals surface area (Å²) in [7, 11) is 3.94. The van der Waals surface area contributed by atoms with Gasteiger partial charge in [0.05, 0.1) is 29.1 Å². The number of fused-ring (bicyclic) bond motifs is 1. The molecule has 164 valence electrons. The number of ether oxygens (including phenoxy) is 1.